The fraction of sp³-hybridized carbons (Fsp3) is 0.0625. The van der Waals surface area contributed by atoms with E-state index in [0.717, 1.165) is 6.07 Å². The van der Waals surface area contributed by atoms with Gasteiger partial charge in [0.2, 0.25) is 0 Å². The molecule has 3 rings (SSSR count). The molecule has 2 aromatic carbocycles. The van der Waals surface area contributed by atoms with E-state index >= 15 is 0 Å². The van der Waals surface area contributed by atoms with Crippen molar-refractivity contribution in [3.63, 3.8) is 0 Å². The van der Waals surface area contributed by atoms with Gasteiger partial charge in [0.1, 0.15) is 0 Å². The Labute approximate surface area is 123 Å². The molecule has 2 N–H and O–H groups in total. The normalized spacial score (nSPS) is 12.3. The Balaban J connectivity index is 2.06. The minimum absolute atomic E-state index is 0.130. The van der Waals surface area contributed by atoms with Crippen LogP contribution in [-0.4, -0.2) is 16.3 Å². The molecule has 1 aromatic heterocycles. The average Bonchev–Trinajstić information content (AvgIpc) is 2.80. The number of aromatic nitrogens is 1. The number of halogens is 3. The summed E-state index contributed by atoms with van der Waals surface area (Å²) >= 11 is 0. The van der Waals surface area contributed by atoms with Crippen LogP contribution in [0.25, 0.3) is 10.9 Å². The Bertz CT molecular complexity index is 850. The van der Waals surface area contributed by atoms with E-state index in [9.17, 15) is 18.3 Å². The standard InChI is InChI=1S/C16H11F3N2O/c17-16(18,19)12-6-2-4-8-14(12)20-9-11-10-5-1-3-7-13(10)21-15(11)22/h1-9,21-22H. The monoisotopic (exact) mass is 304 g/mol. The summed E-state index contributed by atoms with van der Waals surface area (Å²) in [5, 5.41) is 10.6. The van der Waals surface area contributed by atoms with Crippen LogP contribution in [0.1, 0.15) is 11.1 Å². The van der Waals surface area contributed by atoms with E-state index in [-0.39, 0.29) is 11.6 Å². The predicted molar refractivity (Wildman–Crippen MR) is 78.7 cm³/mol. The molecule has 0 bridgehead atoms. The number of hydrogen-bond donors (Lipinski definition) is 2. The number of benzene rings is 2. The van der Waals surface area contributed by atoms with E-state index in [4.69, 9.17) is 0 Å². The van der Waals surface area contributed by atoms with Crippen molar-refractivity contribution in [3.05, 3.63) is 59.7 Å². The summed E-state index contributed by atoms with van der Waals surface area (Å²) in [5.74, 6) is -0.130. The third-order valence-corrected chi connectivity index (χ3v) is 3.27. The van der Waals surface area contributed by atoms with Gasteiger partial charge >= 0.3 is 6.18 Å². The molecule has 0 spiro atoms. The molecule has 0 fully saturated rings. The molecule has 112 valence electrons. The maximum atomic E-state index is 12.9. The Hall–Kier alpha value is -2.76. The molecule has 3 aromatic rings. The first-order valence-corrected chi connectivity index (χ1v) is 6.47. The second-order valence-electron chi connectivity index (χ2n) is 4.71. The highest BCUT2D eigenvalue weighted by atomic mass is 19.4. The van der Waals surface area contributed by atoms with Crippen molar-refractivity contribution in [1.82, 2.24) is 4.98 Å². The van der Waals surface area contributed by atoms with Crippen LogP contribution in [0.4, 0.5) is 18.9 Å². The van der Waals surface area contributed by atoms with Gasteiger partial charge in [-0.15, -0.1) is 0 Å². The number of fused-ring (bicyclic) bond motifs is 1. The van der Waals surface area contributed by atoms with Gasteiger partial charge in [0.25, 0.3) is 0 Å². The number of rotatable bonds is 2. The number of alkyl halides is 3. The zero-order valence-corrected chi connectivity index (χ0v) is 11.2. The molecule has 3 nitrogen and oxygen atoms in total. The van der Waals surface area contributed by atoms with Crippen molar-refractivity contribution in [3.8, 4) is 5.88 Å². The number of nitrogens with zero attached hydrogens (tertiary/aromatic N) is 1. The van der Waals surface area contributed by atoms with Gasteiger partial charge in [0, 0.05) is 17.1 Å². The maximum absolute atomic E-state index is 12.9. The molecule has 0 aliphatic carbocycles. The molecule has 0 unspecified atom stereocenters. The molecule has 1 heterocycles. The van der Waals surface area contributed by atoms with E-state index in [0.29, 0.717) is 16.5 Å². The molecule has 0 saturated heterocycles. The van der Waals surface area contributed by atoms with Gasteiger partial charge in [0.05, 0.1) is 16.8 Å². The molecular weight excluding hydrogens is 293 g/mol. The summed E-state index contributed by atoms with van der Waals surface area (Å²) in [6, 6.07) is 12.1. The molecule has 0 saturated carbocycles. The highest BCUT2D eigenvalue weighted by Crippen LogP contribution is 2.36. The van der Waals surface area contributed by atoms with Crippen LogP contribution >= 0.6 is 0 Å². The number of nitrogens with one attached hydrogen (secondary N) is 1. The van der Waals surface area contributed by atoms with Crippen LogP contribution < -0.4 is 0 Å². The Morgan fingerprint density at radius 3 is 2.45 bits per heavy atom. The smallest absolute Gasteiger partial charge is 0.418 e. The van der Waals surface area contributed by atoms with E-state index in [2.05, 4.69) is 9.98 Å². The fourth-order valence-corrected chi connectivity index (χ4v) is 2.24. The minimum atomic E-state index is -4.48. The number of aliphatic imine (C=N–C) groups is 1. The van der Waals surface area contributed by atoms with Crippen molar-refractivity contribution in [2.24, 2.45) is 4.99 Å². The molecule has 0 amide bonds. The van der Waals surface area contributed by atoms with E-state index in [1.807, 2.05) is 0 Å². The molecule has 22 heavy (non-hydrogen) atoms. The molecular formula is C16H11F3N2O. The van der Waals surface area contributed by atoms with Gasteiger partial charge in [-0.3, -0.25) is 4.99 Å². The third-order valence-electron chi connectivity index (χ3n) is 3.27. The Morgan fingerprint density at radius 1 is 1.00 bits per heavy atom. The Kier molecular flexibility index (Phi) is 3.36. The lowest BCUT2D eigenvalue weighted by atomic mass is 10.1. The highest BCUT2D eigenvalue weighted by molar-refractivity contribution is 6.02. The van der Waals surface area contributed by atoms with E-state index < -0.39 is 11.7 Å². The number of hydrogen-bond acceptors (Lipinski definition) is 2. The van der Waals surface area contributed by atoms with Crippen molar-refractivity contribution < 1.29 is 18.3 Å². The third kappa shape index (κ3) is 2.55. The summed E-state index contributed by atoms with van der Waals surface area (Å²) in [6.07, 6.45) is -3.24. The molecule has 0 aliphatic rings. The van der Waals surface area contributed by atoms with Crippen molar-refractivity contribution in [2.45, 2.75) is 6.18 Å². The summed E-state index contributed by atoms with van der Waals surface area (Å²) < 4.78 is 38.8. The summed E-state index contributed by atoms with van der Waals surface area (Å²) in [7, 11) is 0. The fourth-order valence-electron chi connectivity index (χ4n) is 2.24. The number of para-hydroxylation sites is 2. The number of aromatic hydroxyl groups is 1. The zero-order valence-electron chi connectivity index (χ0n) is 11.2. The minimum Gasteiger partial charge on any atom is -0.494 e. The summed E-state index contributed by atoms with van der Waals surface area (Å²) in [5.41, 5.74) is 0.0309. The van der Waals surface area contributed by atoms with Crippen LogP contribution in [0, 0.1) is 0 Å². The van der Waals surface area contributed by atoms with Gasteiger partial charge in [0.15, 0.2) is 5.88 Å². The van der Waals surface area contributed by atoms with Crippen LogP contribution in [0.5, 0.6) is 5.88 Å². The van der Waals surface area contributed by atoms with Gasteiger partial charge in [-0.2, -0.15) is 13.2 Å². The van der Waals surface area contributed by atoms with Gasteiger partial charge in [-0.05, 0) is 18.2 Å². The topological polar surface area (TPSA) is 48.4 Å². The largest absolute Gasteiger partial charge is 0.494 e. The summed E-state index contributed by atoms with van der Waals surface area (Å²) in [4.78, 5) is 6.65. The number of aromatic amines is 1. The molecule has 0 aliphatic heterocycles. The van der Waals surface area contributed by atoms with Crippen molar-refractivity contribution >= 4 is 22.8 Å². The van der Waals surface area contributed by atoms with Gasteiger partial charge < -0.3 is 10.1 Å². The van der Waals surface area contributed by atoms with E-state index in [1.165, 1.54) is 24.4 Å². The Morgan fingerprint density at radius 2 is 1.68 bits per heavy atom. The number of H-pyrrole nitrogens is 1. The lowest BCUT2D eigenvalue weighted by Crippen LogP contribution is -2.04. The van der Waals surface area contributed by atoms with Crippen molar-refractivity contribution in [1.29, 1.82) is 0 Å². The zero-order chi connectivity index (χ0) is 15.7. The second kappa shape index (κ2) is 5.22. The first kappa shape index (κ1) is 14.2. The van der Waals surface area contributed by atoms with Crippen LogP contribution in [0.2, 0.25) is 0 Å². The summed E-state index contributed by atoms with van der Waals surface area (Å²) in [6.45, 7) is 0. The maximum Gasteiger partial charge on any atom is 0.418 e. The van der Waals surface area contributed by atoms with Gasteiger partial charge in [-0.25, -0.2) is 0 Å². The van der Waals surface area contributed by atoms with Crippen LogP contribution in [0.3, 0.4) is 0 Å². The second-order valence-corrected chi connectivity index (χ2v) is 4.71. The first-order chi connectivity index (χ1) is 10.5. The predicted octanol–water partition coefficient (Wildman–Crippen LogP) is 4.64. The first-order valence-electron chi connectivity index (χ1n) is 6.47. The van der Waals surface area contributed by atoms with Gasteiger partial charge in [-0.1, -0.05) is 30.3 Å². The average molecular weight is 304 g/mol. The van der Waals surface area contributed by atoms with Crippen molar-refractivity contribution in [2.75, 3.05) is 0 Å². The highest BCUT2D eigenvalue weighted by Gasteiger charge is 2.33. The van der Waals surface area contributed by atoms with Crippen LogP contribution in [-0.2, 0) is 6.18 Å². The molecule has 0 atom stereocenters. The molecule has 0 radical (unpaired) electrons. The SMILES string of the molecule is Oc1[nH]c2ccccc2c1C=Nc1ccccc1C(F)(F)F. The van der Waals surface area contributed by atoms with E-state index in [1.54, 1.807) is 24.3 Å². The molecule has 6 heteroatoms. The van der Waals surface area contributed by atoms with Crippen LogP contribution in [0.15, 0.2) is 53.5 Å². The quantitative estimate of drug-likeness (QED) is 0.666. The lowest BCUT2D eigenvalue weighted by Gasteiger charge is -2.08. The lowest BCUT2D eigenvalue weighted by molar-refractivity contribution is -0.137.